The van der Waals surface area contributed by atoms with Crippen LogP contribution in [0.3, 0.4) is 0 Å². The van der Waals surface area contributed by atoms with E-state index < -0.39 is 0 Å². The van der Waals surface area contributed by atoms with Crippen LogP contribution in [0.25, 0.3) is 0 Å². The van der Waals surface area contributed by atoms with E-state index in [1.165, 1.54) is 5.56 Å². The van der Waals surface area contributed by atoms with Crippen LogP contribution < -0.4 is 9.80 Å². The molecular weight excluding hydrogens is 351 g/mol. The molecule has 140 valence electrons. The topological polar surface area (TPSA) is 23.6 Å². The van der Waals surface area contributed by atoms with E-state index in [2.05, 4.69) is 47.9 Å². The van der Waals surface area contributed by atoms with Crippen LogP contribution in [0.4, 0.5) is 11.4 Å². The number of carbonyl (C=O) groups excluding carboxylic acids is 1. The monoisotopic (exact) mass is 378 g/mol. The van der Waals surface area contributed by atoms with Crippen LogP contribution in [0, 0.1) is 5.41 Å². The van der Waals surface area contributed by atoms with Crippen LogP contribution in [0.5, 0.6) is 0 Å². The van der Waals surface area contributed by atoms with Crippen LogP contribution in [-0.2, 0) is 6.42 Å². The minimum absolute atomic E-state index is 0.0541. The number of fused-ring (bicyclic) bond motifs is 1. The number of benzene rings is 2. The van der Waals surface area contributed by atoms with Gasteiger partial charge in [0.25, 0.3) is 5.91 Å². The minimum atomic E-state index is 0.0541. The molecule has 0 radical (unpaired) electrons. The van der Waals surface area contributed by atoms with E-state index in [-0.39, 0.29) is 11.3 Å². The first kappa shape index (κ1) is 19.4. The fraction of sp³-hybridized carbons (Fsp3) is 0.261. The number of hydrogen-bond donors (Lipinski definition) is 0. The van der Waals surface area contributed by atoms with Crippen molar-refractivity contribution in [1.82, 2.24) is 0 Å². The summed E-state index contributed by atoms with van der Waals surface area (Å²) in [6, 6.07) is 16.0. The van der Waals surface area contributed by atoms with Gasteiger partial charge in [0.2, 0.25) is 0 Å². The van der Waals surface area contributed by atoms with E-state index in [9.17, 15) is 4.79 Å². The second-order valence-corrected chi connectivity index (χ2v) is 8.04. The molecule has 0 saturated carbocycles. The number of nitrogens with zero attached hydrogens (tertiary/aromatic N) is 2. The molecule has 0 spiro atoms. The summed E-state index contributed by atoms with van der Waals surface area (Å²) >= 11 is 0. The Hall–Kier alpha value is -2.38. The Balaban J connectivity index is 1.90. The molecule has 1 unspecified atom stereocenters. The van der Waals surface area contributed by atoms with Crippen LogP contribution in [0.1, 0.15) is 36.2 Å². The van der Waals surface area contributed by atoms with Gasteiger partial charge in [-0.15, -0.1) is 9.24 Å². The SMILES string of the molecule is C=CN(/C=C\P)c1ccc(C(=O)N2CCC(C)(C)Cc3ccccc32)cc1. The lowest BCUT2D eigenvalue weighted by Crippen LogP contribution is -2.32. The number of amides is 1. The van der Waals surface area contributed by atoms with Crippen molar-refractivity contribution >= 4 is 26.5 Å². The Bertz CT molecular complexity index is 855. The Morgan fingerprint density at radius 3 is 2.56 bits per heavy atom. The zero-order valence-electron chi connectivity index (χ0n) is 16.1. The maximum Gasteiger partial charge on any atom is 0.258 e. The molecule has 0 fully saturated rings. The Kier molecular flexibility index (Phi) is 5.82. The number of anilines is 2. The standard InChI is InChI=1S/C23H27N2OP/c1-4-24(15-16-27)20-11-9-18(10-12-20)22(26)25-14-13-23(2,3)17-19-7-5-6-8-21(19)25/h4-12,15-16H,1,13-14,17,27H2,2-3H3/b16-15-. The number of para-hydroxylation sites is 1. The quantitative estimate of drug-likeness (QED) is 0.647. The molecule has 1 aliphatic heterocycles. The van der Waals surface area contributed by atoms with Gasteiger partial charge in [-0.1, -0.05) is 38.6 Å². The Morgan fingerprint density at radius 1 is 1.19 bits per heavy atom. The van der Waals surface area contributed by atoms with Crippen LogP contribution in [-0.4, -0.2) is 12.5 Å². The Morgan fingerprint density at radius 2 is 1.89 bits per heavy atom. The minimum Gasteiger partial charge on any atom is -0.324 e. The van der Waals surface area contributed by atoms with Crippen molar-refractivity contribution in [2.75, 3.05) is 16.3 Å². The fourth-order valence-electron chi connectivity index (χ4n) is 3.55. The molecule has 1 atom stereocenters. The van der Waals surface area contributed by atoms with Crippen molar-refractivity contribution in [2.24, 2.45) is 5.41 Å². The first-order valence-electron chi connectivity index (χ1n) is 9.24. The summed E-state index contributed by atoms with van der Waals surface area (Å²) in [5, 5.41) is 0. The Labute approximate surface area is 164 Å². The second kappa shape index (κ2) is 8.10. The first-order valence-corrected chi connectivity index (χ1v) is 9.91. The van der Waals surface area contributed by atoms with E-state index in [0.29, 0.717) is 5.56 Å². The van der Waals surface area contributed by atoms with Gasteiger partial charge in [0.1, 0.15) is 0 Å². The van der Waals surface area contributed by atoms with Crippen LogP contribution >= 0.6 is 9.24 Å². The second-order valence-electron chi connectivity index (χ2n) is 7.65. The molecule has 1 amide bonds. The van der Waals surface area contributed by atoms with Crippen molar-refractivity contribution in [1.29, 1.82) is 0 Å². The van der Waals surface area contributed by atoms with Crippen molar-refractivity contribution in [2.45, 2.75) is 26.7 Å². The van der Waals surface area contributed by atoms with Gasteiger partial charge in [-0.05, 0) is 60.0 Å². The van der Waals surface area contributed by atoms with E-state index >= 15 is 0 Å². The molecule has 0 saturated heterocycles. The molecule has 0 N–H and O–H groups in total. The number of carbonyl (C=O) groups is 1. The van der Waals surface area contributed by atoms with E-state index in [4.69, 9.17) is 0 Å². The van der Waals surface area contributed by atoms with Crippen molar-refractivity contribution < 1.29 is 4.79 Å². The highest BCUT2D eigenvalue weighted by atomic mass is 31.0. The molecule has 27 heavy (non-hydrogen) atoms. The smallest absolute Gasteiger partial charge is 0.258 e. The first-order chi connectivity index (χ1) is 12.9. The lowest BCUT2D eigenvalue weighted by atomic mass is 9.83. The third-order valence-electron chi connectivity index (χ3n) is 5.06. The molecule has 0 bridgehead atoms. The summed E-state index contributed by atoms with van der Waals surface area (Å²) in [5.74, 6) is 1.93. The zero-order valence-corrected chi connectivity index (χ0v) is 17.2. The highest BCUT2D eigenvalue weighted by Crippen LogP contribution is 2.36. The lowest BCUT2D eigenvalue weighted by Gasteiger charge is -2.24. The van der Waals surface area contributed by atoms with Crippen molar-refractivity contribution in [3.8, 4) is 0 Å². The van der Waals surface area contributed by atoms with Gasteiger partial charge in [-0.2, -0.15) is 0 Å². The largest absolute Gasteiger partial charge is 0.324 e. The van der Waals surface area contributed by atoms with Gasteiger partial charge in [0.05, 0.1) is 0 Å². The summed E-state index contributed by atoms with van der Waals surface area (Å²) in [5.41, 5.74) is 4.14. The summed E-state index contributed by atoms with van der Waals surface area (Å²) in [6.07, 6.45) is 5.61. The molecule has 1 aliphatic rings. The maximum atomic E-state index is 13.3. The maximum absolute atomic E-state index is 13.3. The van der Waals surface area contributed by atoms with Crippen molar-refractivity contribution in [3.63, 3.8) is 0 Å². The predicted molar refractivity (Wildman–Crippen MR) is 118 cm³/mol. The van der Waals surface area contributed by atoms with Gasteiger partial charge >= 0.3 is 0 Å². The third kappa shape index (κ3) is 4.31. The normalized spacial score (nSPS) is 15.9. The molecule has 2 aromatic rings. The van der Waals surface area contributed by atoms with Gasteiger partial charge < -0.3 is 9.80 Å². The fourth-order valence-corrected chi connectivity index (χ4v) is 3.74. The zero-order chi connectivity index (χ0) is 19.4. The van der Waals surface area contributed by atoms with Gasteiger partial charge in [-0.3, -0.25) is 4.79 Å². The predicted octanol–water partition coefficient (Wildman–Crippen LogP) is 5.60. The van der Waals surface area contributed by atoms with E-state index in [1.54, 1.807) is 6.20 Å². The van der Waals surface area contributed by atoms with Crippen molar-refractivity contribution in [3.05, 3.63) is 84.5 Å². The summed E-state index contributed by atoms with van der Waals surface area (Å²) in [7, 11) is 2.55. The van der Waals surface area contributed by atoms with Crippen LogP contribution in [0.2, 0.25) is 0 Å². The van der Waals surface area contributed by atoms with Gasteiger partial charge in [-0.25, -0.2) is 0 Å². The number of rotatable bonds is 4. The molecule has 0 aliphatic carbocycles. The molecule has 2 aromatic carbocycles. The molecule has 4 heteroatoms. The number of hydrogen-bond acceptors (Lipinski definition) is 2. The van der Waals surface area contributed by atoms with Crippen LogP contribution in [0.15, 0.2) is 73.3 Å². The van der Waals surface area contributed by atoms with Gasteiger partial charge in [0.15, 0.2) is 0 Å². The highest BCUT2D eigenvalue weighted by molar-refractivity contribution is 7.20. The molecule has 0 aromatic heterocycles. The highest BCUT2D eigenvalue weighted by Gasteiger charge is 2.29. The molecular formula is C23H27N2OP. The average molecular weight is 378 g/mol. The summed E-state index contributed by atoms with van der Waals surface area (Å²) in [6.45, 7) is 9.11. The van der Waals surface area contributed by atoms with E-state index in [1.807, 2.05) is 52.1 Å². The third-order valence-corrected chi connectivity index (χ3v) is 5.24. The molecule has 1 heterocycles. The van der Waals surface area contributed by atoms with E-state index in [0.717, 1.165) is 30.8 Å². The summed E-state index contributed by atoms with van der Waals surface area (Å²) in [4.78, 5) is 17.1. The summed E-state index contributed by atoms with van der Waals surface area (Å²) < 4.78 is 0. The molecule has 3 rings (SSSR count). The average Bonchev–Trinajstić information content (AvgIpc) is 2.80. The van der Waals surface area contributed by atoms with Gasteiger partial charge in [0, 0.05) is 35.9 Å². The lowest BCUT2D eigenvalue weighted by molar-refractivity contribution is 0.0985. The molecule has 3 nitrogen and oxygen atoms in total.